The SMILES string of the molecule is CCOC(=O)CCCCCCCCCCCCCC(CC)CCC(=O)OCC. The van der Waals surface area contributed by atoms with E-state index in [-0.39, 0.29) is 11.9 Å². The Morgan fingerprint density at radius 3 is 1.46 bits per heavy atom. The van der Waals surface area contributed by atoms with Crippen molar-refractivity contribution in [2.75, 3.05) is 13.2 Å². The lowest BCUT2D eigenvalue weighted by atomic mass is 9.93. The highest BCUT2D eigenvalue weighted by Crippen LogP contribution is 2.20. The fourth-order valence-electron chi connectivity index (χ4n) is 3.63. The van der Waals surface area contributed by atoms with Crippen molar-refractivity contribution in [3.05, 3.63) is 0 Å². The first-order valence-electron chi connectivity index (χ1n) is 11.9. The van der Waals surface area contributed by atoms with Gasteiger partial charge in [-0.25, -0.2) is 0 Å². The second kappa shape index (κ2) is 20.7. The Bertz CT molecular complexity index is 368. The van der Waals surface area contributed by atoms with E-state index in [0.29, 0.717) is 32.0 Å². The number of rotatable bonds is 20. The number of esters is 2. The molecule has 0 spiro atoms. The van der Waals surface area contributed by atoms with Crippen molar-refractivity contribution in [3.63, 3.8) is 0 Å². The van der Waals surface area contributed by atoms with Crippen molar-refractivity contribution >= 4 is 11.9 Å². The smallest absolute Gasteiger partial charge is 0.305 e. The van der Waals surface area contributed by atoms with Crippen molar-refractivity contribution in [2.45, 2.75) is 124 Å². The zero-order valence-electron chi connectivity index (χ0n) is 18.9. The van der Waals surface area contributed by atoms with Gasteiger partial charge in [0, 0.05) is 12.8 Å². The molecule has 0 aromatic heterocycles. The summed E-state index contributed by atoms with van der Waals surface area (Å²) < 4.78 is 9.95. The Morgan fingerprint density at radius 1 is 0.571 bits per heavy atom. The van der Waals surface area contributed by atoms with Crippen molar-refractivity contribution in [1.82, 2.24) is 0 Å². The summed E-state index contributed by atoms with van der Waals surface area (Å²) in [7, 11) is 0. The van der Waals surface area contributed by atoms with Crippen LogP contribution in [0.4, 0.5) is 0 Å². The number of unbranched alkanes of at least 4 members (excludes halogenated alkanes) is 10. The third-order valence-corrected chi connectivity index (χ3v) is 5.44. The molecule has 4 nitrogen and oxygen atoms in total. The molecule has 166 valence electrons. The molecule has 0 bridgehead atoms. The Hall–Kier alpha value is -1.06. The monoisotopic (exact) mass is 398 g/mol. The highest BCUT2D eigenvalue weighted by atomic mass is 16.5. The molecule has 1 atom stereocenters. The summed E-state index contributed by atoms with van der Waals surface area (Å²) in [6.45, 7) is 6.93. The van der Waals surface area contributed by atoms with Gasteiger partial charge >= 0.3 is 11.9 Å². The Balaban J connectivity index is 3.34. The molecule has 0 aromatic carbocycles. The molecule has 0 N–H and O–H groups in total. The third-order valence-electron chi connectivity index (χ3n) is 5.44. The van der Waals surface area contributed by atoms with Crippen LogP contribution in [-0.2, 0) is 19.1 Å². The molecule has 0 rings (SSSR count). The van der Waals surface area contributed by atoms with Gasteiger partial charge in [-0.05, 0) is 32.6 Å². The van der Waals surface area contributed by atoms with E-state index in [1.54, 1.807) is 0 Å². The van der Waals surface area contributed by atoms with Gasteiger partial charge in [-0.15, -0.1) is 0 Å². The quantitative estimate of drug-likeness (QED) is 0.164. The molecule has 0 aliphatic carbocycles. The third kappa shape index (κ3) is 18.3. The maximum absolute atomic E-state index is 11.4. The van der Waals surface area contributed by atoms with Crippen LogP contribution in [0.5, 0.6) is 0 Å². The summed E-state index contributed by atoms with van der Waals surface area (Å²) in [5.74, 6) is 0.583. The fourth-order valence-corrected chi connectivity index (χ4v) is 3.63. The second-order valence-corrected chi connectivity index (χ2v) is 7.85. The van der Waals surface area contributed by atoms with Crippen molar-refractivity contribution in [1.29, 1.82) is 0 Å². The molecule has 0 aromatic rings. The second-order valence-electron chi connectivity index (χ2n) is 7.85. The number of hydrogen-bond acceptors (Lipinski definition) is 4. The highest BCUT2D eigenvalue weighted by molar-refractivity contribution is 5.69. The van der Waals surface area contributed by atoms with Crippen molar-refractivity contribution in [3.8, 4) is 0 Å². The first kappa shape index (κ1) is 26.9. The van der Waals surface area contributed by atoms with Crippen molar-refractivity contribution in [2.24, 2.45) is 5.92 Å². The number of hydrogen-bond donors (Lipinski definition) is 0. The molecule has 4 heteroatoms. The minimum Gasteiger partial charge on any atom is -0.466 e. The summed E-state index contributed by atoms with van der Waals surface area (Å²) >= 11 is 0. The average molecular weight is 399 g/mol. The zero-order valence-corrected chi connectivity index (χ0v) is 18.9. The summed E-state index contributed by atoms with van der Waals surface area (Å²) in [6.07, 6.45) is 18.5. The average Bonchev–Trinajstić information content (AvgIpc) is 2.68. The molecule has 0 radical (unpaired) electrons. The van der Waals surface area contributed by atoms with Gasteiger partial charge in [-0.2, -0.15) is 0 Å². The summed E-state index contributed by atoms with van der Waals surface area (Å²) in [4.78, 5) is 22.7. The van der Waals surface area contributed by atoms with E-state index >= 15 is 0 Å². The predicted molar refractivity (Wildman–Crippen MR) is 116 cm³/mol. The van der Waals surface area contributed by atoms with Gasteiger partial charge in [0.1, 0.15) is 0 Å². The topological polar surface area (TPSA) is 52.6 Å². The van der Waals surface area contributed by atoms with E-state index in [1.807, 2.05) is 13.8 Å². The van der Waals surface area contributed by atoms with Crippen molar-refractivity contribution < 1.29 is 19.1 Å². The maximum atomic E-state index is 11.4. The Morgan fingerprint density at radius 2 is 1.00 bits per heavy atom. The number of ether oxygens (including phenoxy) is 2. The van der Waals surface area contributed by atoms with Gasteiger partial charge in [-0.1, -0.05) is 84.0 Å². The molecule has 0 aliphatic heterocycles. The van der Waals surface area contributed by atoms with Crippen LogP contribution in [0.25, 0.3) is 0 Å². The van der Waals surface area contributed by atoms with Gasteiger partial charge in [0.25, 0.3) is 0 Å². The van der Waals surface area contributed by atoms with E-state index < -0.39 is 0 Å². The van der Waals surface area contributed by atoms with Gasteiger partial charge in [0.15, 0.2) is 0 Å². The van der Waals surface area contributed by atoms with Crippen LogP contribution in [0.3, 0.4) is 0 Å². The largest absolute Gasteiger partial charge is 0.466 e. The molecule has 0 amide bonds. The molecular weight excluding hydrogens is 352 g/mol. The van der Waals surface area contributed by atoms with Gasteiger partial charge in [-0.3, -0.25) is 9.59 Å². The molecule has 0 aliphatic rings. The minimum absolute atomic E-state index is 0.0417. The molecule has 28 heavy (non-hydrogen) atoms. The standard InChI is InChI=1S/C24H46O4/c1-4-22(20-21-24(26)28-6-3)18-16-14-12-10-8-7-9-11-13-15-17-19-23(25)27-5-2/h22H,4-21H2,1-3H3. The van der Waals surface area contributed by atoms with Crippen LogP contribution in [0.1, 0.15) is 124 Å². The van der Waals surface area contributed by atoms with Gasteiger partial charge in [0.05, 0.1) is 13.2 Å². The van der Waals surface area contributed by atoms with Crippen LogP contribution >= 0.6 is 0 Å². The van der Waals surface area contributed by atoms with E-state index in [0.717, 1.165) is 19.3 Å². The first-order chi connectivity index (χ1) is 13.6. The maximum Gasteiger partial charge on any atom is 0.305 e. The van der Waals surface area contributed by atoms with Crippen LogP contribution < -0.4 is 0 Å². The van der Waals surface area contributed by atoms with E-state index in [9.17, 15) is 9.59 Å². The molecule has 0 heterocycles. The summed E-state index contributed by atoms with van der Waals surface area (Å²) in [5, 5.41) is 0. The molecule has 1 unspecified atom stereocenters. The van der Waals surface area contributed by atoms with E-state index in [4.69, 9.17) is 9.47 Å². The predicted octanol–water partition coefficient (Wildman–Crippen LogP) is 6.99. The van der Waals surface area contributed by atoms with Crippen LogP contribution in [0.2, 0.25) is 0 Å². The van der Waals surface area contributed by atoms with E-state index in [1.165, 1.54) is 70.6 Å². The first-order valence-corrected chi connectivity index (χ1v) is 11.9. The lowest BCUT2D eigenvalue weighted by Gasteiger charge is -2.14. The summed E-state index contributed by atoms with van der Waals surface area (Å²) in [5.41, 5.74) is 0. The van der Waals surface area contributed by atoms with Crippen LogP contribution in [-0.4, -0.2) is 25.2 Å². The molecular formula is C24H46O4. The molecule has 0 saturated heterocycles. The minimum atomic E-state index is -0.0493. The zero-order chi connectivity index (χ0) is 20.9. The number of carbonyl (C=O) groups is 2. The normalized spacial score (nSPS) is 12.0. The van der Waals surface area contributed by atoms with Crippen LogP contribution in [0, 0.1) is 5.92 Å². The lowest BCUT2D eigenvalue weighted by molar-refractivity contribution is -0.144. The Kier molecular flexibility index (Phi) is 19.9. The van der Waals surface area contributed by atoms with E-state index in [2.05, 4.69) is 6.92 Å². The highest BCUT2D eigenvalue weighted by Gasteiger charge is 2.10. The van der Waals surface area contributed by atoms with Gasteiger partial charge < -0.3 is 9.47 Å². The number of carbonyl (C=O) groups excluding carboxylic acids is 2. The Labute approximate surface area is 174 Å². The lowest BCUT2D eigenvalue weighted by Crippen LogP contribution is -2.07. The summed E-state index contributed by atoms with van der Waals surface area (Å²) in [6, 6.07) is 0. The molecule has 0 fully saturated rings. The molecule has 0 saturated carbocycles. The van der Waals surface area contributed by atoms with Crippen LogP contribution in [0.15, 0.2) is 0 Å². The van der Waals surface area contributed by atoms with Gasteiger partial charge in [0.2, 0.25) is 0 Å². The fraction of sp³-hybridized carbons (Fsp3) is 0.917.